The topological polar surface area (TPSA) is 75.4 Å². The van der Waals surface area contributed by atoms with Crippen molar-refractivity contribution < 1.29 is 9.59 Å². The molecule has 5 nitrogen and oxygen atoms in total. The van der Waals surface area contributed by atoms with E-state index < -0.39 is 6.04 Å². The fraction of sp³-hybridized carbons (Fsp3) is 0.500. The number of carbonyl (C=O) groups is 2. The molecule has 1 aliphatic heterocycles. The molecule has 1 aliphatic rings. The van der Waals surface area contributed by atoms with Gasteiger partial charge in [-0.05, 0) is 38.8 Å². The zero-order valence-electron chi connectivity index (χ0n) is 12.6. The minimum atomic E-state index is -0.439. The van der Waals surface area contributed by atoms with Gasteiger partial charge >= 0.3 is 0 Å². The van der Waals surface area contributed by atoms with E-state index in [2.05, 4.69) is 5.32 Å². The van der Waals surface area contributed by atoms with Crippen LogP contribution in [0, 0.1) is 6.92 Å². The lowest BCUT2D eigenvalue weighted by molar-refractivity contribution is -0.128. The molecule has 0 bridgehead atoms. The average Bonchev–Trinajstić information content (AvgIpc) is 2.41. The highest BCUT2D eigenvalue weighted by Gasteiger charge is 2.30. The number of amides is 2. The van der Waals surface area contributed by atoms with Crippen molar-refractivity contribution in [1.29, 1.82) is 0 Å². The third kappa shape index (κ3) is 4.04. The van der Waals surface area contributed by atoms with Crippen molar-refractivity contribution in [2.24, 2.45) is 5.73 Å². The quantitative estimate of drug-likeness (QED) is 0.878. The van der Waals surface area contributed by atoms with E-state index in [0.717, 1.165) is 17.7 Å². The Balaban J connectivity index is 2.04. The van der Waals surface area contributed by atoms with Gasteiger partial charge in [0.25, 0.3) is 0 Å². The predicted octanol–water partition coefficient (Wildman–Crippen LogP) is 1.34. The first kappa shape index (κ1) is 15.5. The van der Waals surface area contributed by atoms with Crippen LogP contribution in [0.15, 0.2) is 24.3 Å². The van der Waals surface area contributed by atoms with Crippen LogP contribution in [0.1, 0.15) is 31.7 Å². The Morgan fingerprint density at radius 2 is 2.10 bits per heavy atom. The second-order valence-corrected chi connectivity index (χ2v) is 5.77. The van der Waals surface area contributed by atoms with Crippen molar-refractivity contribution in [3.8, 4) is 0 Å². The van der Waals surface area contributed by atoms with Gasteiger partial charge in [-0.15, -0.1) is 0 Å². The number of aryl methyl sites for hydroxylation is 1. The van der Waals surface area contributed by atoms with Crippen molar-refractivity contribution in [1.82, 2.24) is 5.32 Å². The highest BCUT2D eigenvalue weighted by molar-refractivity contribution is 5.99. The monoisotopic (exact) mass is 289 g/mol. The molecule has 0 saturated carbocycles. The third-order valence-corrected chi connectivity index (χ3v) is 3.63. The molecule has 0 aliphatic carbocycles. The second kappa shape index (κ2) is 6.72. The van der Waals surface area contributed by atoms with Gasteiger partial charge in [-0.25, -0.2) is 0 Å². The number of rotatable bonds is 4. The number of nitrogens with two attached hydrogens (primary N) is 1. The van der Waals surface area contributed by atoms with E-state index in [1.54, 1.807) is 11.8 Å². The fourth-order valence-electron chi connectivity index (χ4n) is 2.54. The molecule has 0 spiro atoms. The van der Waals surface area contributed by atoms with Gasteiger partial charge in [-0.1, -0.05) is 17.7 Å². The minimum absolute atomic E-state index is 0.0388. The Morgan fingerprint density at radius 3 is 2.71 bits per heavy atom. The van der Waals surface area contributed by atoms with E-state index >= 15 is 0 Å². The maximum absolute atomic E-state index is 12.5. The standard InChI is InChI=1S/C16H23N3O2/c1-11-5-7-13(8-6-11)19-9-3-4-14(16(19)21)18-15(20)10-12(2)17/h5-8,12,14H,3-4,9-10,17H2,1-2H3,(H,18,20). The largest absolute Gasteiger partial charge is 0.344 e. The average molecular weight is 289 g/mol. The molecule has 1 heterocycles. The molecular weight excluding hydrogens is 266 g/mol. The maximum atomic E-state index is 12.5. The molecule has 1 saturated heterocycles. The lowest BCUT2D eigenvalue weighted by Gasteiger charge is -2.32. The summed E-state index contributed by atoms with van der Waals surface area (Å²) in [5.74, 6) is -0.197. The van der Waals surface area contributed by atoms with Crippen LogP contribution in [-0.4, -0.2) is 30.4 Å². The van der Waals surface area contributed by atoms with Gasteiger partial charge in [0, 0.05) is 24.7 Å². The first-order valence-electron chi connectivity index (χ1n) is 7.40. The first-order valence-corrected chi connectivity index (χ1v) is 7.40. The van der Waals surface area contributed by atoms with Gasteiger partial charge in [0.05, 0.1) is 0 Å². The lowest BCUT2D eigenvalue weighted by Crippen LogP contribution is -2.53. The smallest absolute Gasteiger partial charge is 0.249 e. The zero-order chi connectivity index (χ0) is 15.4. The fourth-order valence-corrected chi connectivity index (χ4v) is 2.54. The lowest BCUT2D eigenvalue weighted by atomic mass is 10.0. The number of carbonyl (C=O) groups excluding carboxylic acids is 2. The van der Waals surface area contributed by atoms with Gasteiger partial charge in [0.2, 0.25) is 11.8 Å². The molecular formula is C16H23N3O2. The summed E-state index contributed by atoms with van der Waals surface area (Å²) in [5, 5.41) is 2.80. The number of hydrogen-bond acceptors (Lipinski definition) is 3. The van der Waals surface area contributed by atoms with Crippen molar-refractivity contribution in [3.63, 3.8) is 0 Å². The van der Waals surface area contributed by atoms with Crippen LogP contribution >= 0.6 is 0 Å². The summed E-state index contributed by atoms with van der Waals surface area (Å²) in [6.07, 6.45) is 1.81. The molecule has 21 heavy (non-hydrogen) atoms. The molecule has 5 heteroatoms. The summed E-state index contributed by atoms with van der Waals surface area (Å²) < 4.78 is 0. The van der Waals surface area contributed by atoms with Crippen LogP contribution < -0.4 is 16.0 Å². The third-order valence-electron chi connectivity index (χ3n) is 3.63. The van der Waals surface area contributed by atoms with E-state index in [9.17, 15) is 9.59 Å². The molecule has 1 fully saturated rings. The summed E-state index contributed by atoms with van der Waals surface area (Å²) in [5.41, 5.74) is 7.65. The molecule has 1 aromatic rings. The summed E-state index contributed by atoms with van der Waals surface area (Å²) in [6.45, 7) is 4.49. The van der Waals surface area contributed by atoms with E-state index in [0.29, 0.717) is 13.0 Å². The number of nitrogens with zero attached hydrogens (tertiary/aromatic N) is 1. The summed E-state index contributed by atoms with van der Waals surface area (Å²) in [4.78, 5) is 26.1. The number of anilines is 1. The summed E-state index contributed by atoms with van der Waals surface area (Å²) in [6, 6.07) is 7.23. The Bertz CT molecular complexity index is 511. The summed E-state index contributed by atoms with van der Waals surface area (Å²) in [7, 11) is 0. The Hall–Kier alpha value is -1.88. The highest BCUT2D eigenvalue weighted by Crippen LogP contribution is 2.21. The molecule has 0 radical (unpaired) electrons. The molecule has 1 aromatic carbocycles. The first-order chi connectivity index (χ1) is 9.97. The predicted molar refractivity (Wildman–Crippen MR) is 83.0 cm³/mol. The number of benzene rings is 1. The molecule has 0 aromatic heterocycles. The minimum Gasteiger partial charge on any atom is -0.344 e. The van der Waals surface area contributed by atoms with Crippen LogP contribution in [0.5, 0.6) is 0 Å². The van der Waals surface area contributed by atoms with Gasteiger partial charge in [0.1, 0.15) is 6.04 Å². The SMILES string of the molecule is Cc1ccc(N2CCCC(NC(=O)CC(C)N)C2=O)cc1. The molecule has 2 rings (SSSR count). The second-order valence-electron chi connectivity index (χ2n) is 5.77. The van der Waals surface area contributed by atoms with Crippen molar-refractivity contribution in [2.75, 3.05) is 11.4 Å². The van der Waals surface area contributed by atoms with Crippen LogP contribution in [0.3, 0.4) is 0 Å². The molecule has 3 N–H and O–H groups in total. The van der Waals surface area contributed by atoms with E-state index in [1.165, 1.54) is 0 Å². The number of nitrogens with one attached hydrogen (secondary N) is 1. The molecule has 2 unspecified atom stereocenters. The van der Waals surface area contributed by atoms with E-state index in [-0.39, 0.29) is 24.3 Å². The van der Waals surface area contributed by atoms with Crippen LogP contribution in [0.25, 0.3) is 0 Å². The normalized spacial score (nSPS) is 20.2. The van der Waals surface area contributed by atoms with Gasteiger partial charge in [-0.2, -0.15) is 0 Å². The number of piperidine rings is 1. The molecule has 2 atom stereocenters. The van der Waals surface area contributed by atoms with Gasteiger partial charge in [0.15, 0.2) is 0 Å². The Kier molecular flexibility index (Phi) is 4.96. The molecule has 114 valence electrons. The number of hydrogen-bond donors (Lipinski definition) is 2. The maximum Gasteiger partial charge on any atom is 0.249 e. The van der Waals surface area contributed by atoms with Crippen LogP contribution in [0.2, 0.25) is 0 Å². The summed E-state index contributed by atoms with van der Waals surface area (Å²) >= 11 is 0. The highest BCUT2D eigenvalue weighted by atomic mass is 16.2. The van der Waals surface area contributed by atoms with Gasteiger partial charge in [-0.3, -0.25) is 9.59 Å². The Morgan fingerprint density at radius 1 is 1.43 bits per heavy atom. The molecule has 2 amide bonds. The van der Waals surface area contributed by atoms with E-state index in [1.807, 2.05) is 31.2 Å². The van der Waals surface area contributed by atoms with Crippen LogP contribution in [-0.2, 0) is 9.59 Å². The van der Waals surface area contributed by atoms with E-state index in [4.69, 9.17) is 5.73 Å². The van der Waals surface area contributed by atoms with Crippen molar-refractivity contribution in [3.05, 3.63) is 29.8 Å². The Labute approximate surface area is 125 Å². The van der Waals surface area contributed by atoms with Crippen molar-refractivity contribution in [2.45, 2.75) is 45.2 Å². The zero-order valence-corrected chi connectivity index (χ0v) is 12.6. The van der Waals surface area contributed by atoms with Crippen molar-refractivity contribution >= 4 is 17.5 Å². The van der Waals surface area contributed by atoms with Gasteiger partial charge < -0.3 is 16.0 Å². The van der Waals surface area contributed by atoms with Crippen LogP contribution in [0.4, 0.5) is 5.69 Å².